The first kappa shape index (κ1) is 20.5. The Bertz CT molecular complexity index is 1010. The Morgan fingerprint density at radius 1 is 1.21 bits per heavy atom. The van der Waals surface area contributed by atoms with E-state index in [0.717, 1.165) is 28.6 Å². The van der Waals surface area contributed by atoms with Crippen molar-refractivity contribution in [1.82, 2.24) is 20.1 Å². The number of aryl methyl sites for hydroxylation is 2. The first-order valence-corrected chi connectivity index (χ1v) is 9.88. The lowest BCUT2D eigenvalue weighted by Crippen LogP contribution is -2.36. The molecule has 2 aromatic heterocycles. The summed E-state index contributed by atoms with van der Waals surface area (Å²) >= 11 is 1.12. The van der Waals surface area contributed by atoms with Crippen LogP contribution in [0.4, 0.5) is 5.69 Å². The average Bonchev–Trinajstić information content (AvgIpc) is 3.18. The van der Waals surface area contributed by atoms with Gasteiger partial charge in [0.15, 0.2) is 0 Å². The third-order valence-corrected chi connectivity index (χ3v) is 4.91. The molecule has 0 saturated carbocycles. The Kier molecular flexibility index (Phi) is 6.61. The summed E-state index contributed by atoms with van der Waals surface area (Å²) in [7, 11) is 1.58. The highest BCUT2D eigenvalue weighted by Crippen LogP contribution is 2.22. The van der Waals surface area contributed by atoms with Crippen LogP contribution in [-0.4, -0.2) is 51.2 Å². The first-order chi connectivity index (χ1) is 13.9. The van der Waals surface area contributed by atoms with Crippen LogP contribution < -0.4 is 5.32 Å². The number of nitrogens with zero attached hydrogens (tertiary/aromatic N) is 4. The second kappa shape index (κ2) is 9.33. The minimum absolute atomic E-state index is 0.0441. The molecule has 0 spiro atoms. The molecule has 3 rings (SSSR count). The van der Waals surface area contributed by atoms with E-state index in [2.05, 4.69) is 20.5 Å². The molecule has 8 nitrogen and oxygen atoms in total. The van der Waals surface area contributed by atoms with E-state index in [1.165, 1.54) is 4.90 Å². The van der Waals surface area contributed by atoms with Crippen molar-refractivity contribution < 1.29 is 14.0 Å². The number of rotatable bonds is 7. The van der Waals surface area contributed by atoms with Crippen molar-refractivity contribution in [3.05, 3.63) is 53.9 Å². The number of pyridine rings is 1. The van der Waals surface area contributed by atoms with Gasteiger partial charge < -0.3 is 14.6 Å². The molecule has 1 N–H and O–H groups in total. The van der Waals surface area contributed by atoms with Gasteiger partial charge in [0.2, 0.25) is 17.7 Å². The van der Waals surface area contributed by atoms with Crippen LogP contribution in [0.5, 0.6) is 0 Å². The topological polar surface area (TPSA) is 101 Å². The second-order valence-electron chi connectivity index (χ2n) is 6.52. The smallest absolute Gasteiger partial charge is 0.277 e. The molecule has 0 saturated heterocycles. The highest BCUT2D eigenvalue weighted by atomic mass is 32.2. The Balaban J connectivity index is 1.50. The number of aromatic nitrogens is 3. The molecular weight excluding hydrogens is 390 g/mol. The van der Waals surface area contributed by atoms with Crippen molar-refractivity contribution in [1.29, 1.82) is 0 Å². The maximum atomic E-state index is 12.3. The highest BCUT2D eigenvalue weighted by molar-refractivity contribution is 7.99. The van der Waals surface area contributed by atoms with Crippen LogP contribution in [0.2, 0.25) is 0 Å². The molecule has 0 unspecified atom stereocenters. The number of hydrogen-bond acceptors (Lipinski definition) is 7. The first-order valence-electron chi connectivity index (χ1n) is 8.90. The summed E-state index contributed by atoms with van der Waals surface area (Å²) in [6, 6.07) is 9.41. The molecule has 2 amide bonds. The SMILES string of the molecule is Cc1ccc(C)c(NC(=O)CN(C)C(=O)CSc2nnc(-c3cccnc3)o2)c1. The lowest BCUT2D eigenvalue weighted by atomic mass is 10.1. The van der Waals surface area contributed by atoms with Gasteiger partial charge in [-0.15, -0.1) is 10.2 Å². The molecule has 29 heavy (non-hydrogen) atoms. The molecule has 1 aromatic carbocycles. The van der Waals surface area contributed by atoms with E-state index in [1.807, 2.05) is 38.1 Å². The summed E-state index contributed by atoms with van der Waals surface area (Å²) in [5, 5.41) is 11.0. The number of nitrogens with one attached hydrogen (secondary N) is 1. The lowest BCUT2D eigenvalue weighted by Gasteiger charge is -2.17. The van der Waals surface area contributed by atoms with Gasteiger partial charge in [-0.1, -0.05) is 23.9 Å². The normalized spacial score (nSPS) is 10.6. The van der Waals surface area contributed by atoms with Crippen LogP contribution in [-0.2, 0) is 9.59 Å². The van der Waals surface area contributed by atoms with E-state index in [4.69, 9.17) is 4.42 Å². The van der Waals surface area contributed by atoms with Crippen molar-refractivity contribution >= 4 is 29.3 Å². The monoisotopic (exact) mass is 411 g/mol. The van der Waals surface area contributed by atoms with Gasteiger partial charge in [-0.25, -0.2) is 0 Å². The molecule has 0 aliphatic heterocycles. The van der Waals surface area contributed by atoms with Crippen LogP contribution in [0.25, 0.3) is 11.5 Å². The zero-order valence-corrected chi connectivity index (χ0v) is 17.2. The molecule has 0 bridgehead atoms. The molecule has 2 heterocycles. The van der Waals surface area contributed by atoms with Crippen LogP contribution in [0.3, 0.4) is 0 Å². The molecule has 3 aromatic rings. The molecule has 0 fully saturated rings. The van der Waals surface area contributed by atoms with Gasteiger partial charge in [0.05, 0.1) is 17.9 Å². The number of carbonyl (C=O) groups excluding carboxylic acids is 2. The van der Waals surface area contributed by atoms with Crippen molar-refractivity contribution in [2.75, 3.05) is 24.7 Å². The number of thioether (sulfide) groups is 1. The number of amides is 2. The fraction of sp³-hybridized carbons (Fsp3) is 0.250. The van der Waals surface area contributed by atoms with E-state index in [0.29, 0.717) is 11.5 Å². The summed E-state index contributed by atoms with van der Waals surface area (Å²) in [6.45, 7) is 3.83. The largest absolute Gasteiger partial charge is 0.411 e. The fourth-order valence-corrected chi connectivity index (χ4v) is 3.18. The van der Waals surface area contributed by atoms with Crippen molar-refractivity contribution in [3.8, 4) is 11.5 Å². The second-order valence-corrected chi connectivity index (χ2v) is 7.45. The van der Waals surface area contributed by atoms with Crippen LogP contribution in [0, 0.1) is 13.8 Å². The Hall–Kier alpha value is -3.20. The fourth-order valence-electron chi connectivity index (χ4n) is 2.47. The van der Waals surface area contributed by atoms with E-state index in [1.54, 1.807) is 25.5 Å². The van der Waals surface area contributed by atoms with Gasteiger partial charge in [-0.05, 0) is 43.2 Å². The molecule has 0 atom stereocenters. The number of anilines is 1. The van der Waals surface area contributed by atoms with Gasteiger partial charge in [0.1, 0.15) is 0 Å². The summed E-state index contributed by atoms with van der Waals surface area (Å²) in [5.41, 5.74) is 3.48. The molecule has 0 aliphatic rings. The van der Waals surface area contributed by atoms with Gasteiger partial charge in [-0.3, -0.25) is 14.6 Å². The molecule has 0 aliphatic carbocycles. The lowest BCUT2D eigenvalue weighted by molar-refractivity contribution is -0.131. The van der Waals surface area contributed by atoms with Gasteiger partial charge in [0, 0.05) is 25.1 Å². The standard InChI is InChI=1S/C20H21N5O3S/c1-13-6-7-14(2)16(9-13)22-17(26)11-25(3)18(27)12-29-20-24-23-19(28-20)15-5-4-8-21-10-15/h4-10H,11-12H2,1-3H3,(H,22,26). The minimum Gasteiger partial charge on any atom is -0.411 e. The molecule has 0 radical (unpaired) electrons. The Morgan fingerprint density at radius 2 is 2.03 bits per heavy atom. The van der Waals surface area contributed by atoms with Crippen LogP contribution in [0.15, 0.2) is 52.4 Å². The predicted octanol–water partition coefficient (Wildman–Crippen LogP) is 2.94. The summed E-state index contributed by atoms with van der Waals surface area (Å²) in [4.78, 5) is 30.0. The number of carbonyl (C=O) groups is 2. The number of hydrogen-bond donors (Lipinski definition) is 1. The molecule has 9 heteroatoms. The van der Waals surface area contributed by atoms with Crippen molar-refractivity contribution in [2.45, 2.75) is 19.1 Å². The molecular formula is C20H21N5O3S. The number of benzene rings is 1. The van der Waals surface area contributed by atoms with Crippen molar-refractivity contribution in [3.63, 3.8) is 0 Å². The third-order valence-electron chi connectivity index (χ3n) is 4.11. The zero-order chi connectivity index (χ0) is 20.8. The Labute approximate surface area is 172 Å². The highest BCUT2D eigenvalue weighted by Gasteiger charge is 2.16. The minimum atomic E-state index is -0.254. The average molecular weight is 411 g/mol. The van der Waals surface area contributed by atoms with E-state index in [-0.39, 0.29) is 29.3 Å². The Morgan fingerprint density at radius 3 is 2.79 bits per heavy atom. The van der Waals surface area contributed by atoms with Crippen molar-refractivity contribution in [2.24, 2.45) is 0 Å². The quantitative estimate of drug-likeness (QED) is 0.597. The van der Waals surface area contributed by atoms with Crippen LogP contribution in [0.1, 0.15) is 11.1 Å². The van der Waals surface area contributed by atoms with Gasteiger partial charge >= 0.3 is 0 Å². The summed E-state index contributed by atoms with van der Waals surface area (Å²) in [5.74, 6) is -0.0418. The predicted molar refractivity (Wildman–Crippen MR) is 110 cm³/mol. The summed E-state index contributed by atoms with van der Waals surface area (Å²) in [6.07, 6.45) is 3.27. The zero-order valence-electron chi connectivity index (χ0n) is 16.4. The molecule has 150 valence electrons. The van der Waals surface area contributed by atoms with E-state index >= 15 is 0 Å². The van der Waals surface area contributed by atoms with E-state index in [9.17, 15) is 9.59 Å². The van der Waals surface area contributed by atoms with Gasteiger partial charge in [-0.2, -0.15) is 0 Å². The maximum Gasteiger partial charge on any atom is 0.277 e. The van der Waals surface area contributed by atoms with Crippen LogP contribution >= 0.6 is 11.8 Å². The number of likely N-dealkylation sites (N-methyl/N-ethyl adjacent to an activating group) is 1. The van der Waals surface area contributed by atoms with E-state index < -0.39 is 0 Å². The van der Waals surface area contributed by atoms with Gasteiger partial charge in [0.25, 0.3) is 5.22 Å². The summed E-state index contributed by atoms with van der Waals surface area (Å²) < 4.78 is 5.54. The third kappa shape index (κ3) is 5.64. The maximum absolute atomic E-state index is 12.3.